The van der Waals surface area contributed by atoms with Crippen LogP contribution in [0.25, 0.3) is 0 Å². The second-order valence-electron chi connectivity index (χ2n) is 5.96. The van der Waals surface area contributed by atoms with Crippen molar-refractivity contribution in [3.8, 4) is 0 Å². The molecule has 3 rings (SSSR count). The van der Waals surface area contributed by atoms with E-state index in [1.807, 2.05) is 0 Å². The lowest BCUT2D eigenvalue weighted by atomic mass is 9.71. The molecule has 1 saturated heterocycles. The van der Waals surface area contributed by atoms with Gasteiger partial charge in [0.05, 0.1) is 0 Å². The summed E-state index contributed by atoms with van der Waals surface area (Å²) in [7, 11) is 0. The molecule has 1 aliphatic heterocycles. The Balaban J connectivity index is 1.94. The van der Waals surface area contributed by atoms with Crippen molar-refractivity contribution in [2.75, 3.05) is 13.1 Å². The maximum atomic E-state index is 3.72. The van der Waals surface area contributed by atoms with Crippen molar-refractivity contribution < 1.29 is 0 Å². The summed E-state index contributed by atoms with van der Waals surface area (Å²) in [6, 6.07) is 15.5. The fraction of sp³-hybridized carbons (Fsp3) is 0.333. The Morgan fingerprint density at radius 3 is 2.40 bits per heavy atom. The molecule has 2 aromatic carbocycles. The third kappa shape index (κ3) is 2.43. The molecule has 0 radical (unpaired) electrons. The van der Waals surface area contributed by atoms with E-state index in [1.165, 1.54) is 26.7 Å². The average molecular weight is 330 g/mol. The fourth-order valence-electron chi connectivity index (χ4n) is 3.03. The van der Waals surface area contributed by atoms with Gasteiger partial charge in [0.25, 0.3) is 0 Å². The Morgan fingerprint density at radius 1 is 1.05 bits per heavy atom. The highest BCUT2D eigenvalue weighted by atomic mass is 79.9. The summed E-state index contributed by atoms with van der Waals surface area (Å²) < 4.78 is 1.23. The van der Waals surface area contributed by atoms with Crippen molar-refractivity contribution in [1.82, 2.24) is 5.32 Å². The van der Waals surface area contributed by atoms with Gasteiger partial charge in [-0.3, -0.25) is 0 Å². The number of hydrogen-bond donors (Lipinski definition) is 1. The normalized spacial score (nSPS) is 16.8. The van der Waals surface area contributed by atoms with E-state index in [0.717, 1.165) is 19.5 Å². The Morgan fingerprint density at radius 2 is 1.80 bits per heavy atom. The van der Waals surface area contributed by atoms with Crippen molar-refractivity contribution in [2.45, 2.75) is 25.7 Å². The van der Waals surface area contributed by atoms with E-state index >= 15 is 0 Å². The van der Waals surface area contributed by atoms with Crippen LogP contribution in [0, 0.1) is 13.8 Å². The zero-order valence-corrected chi connectivity index (χ0v) is 13.6. The lowest BCUT2D eigenvalue weighted by molar-refractivity contribution is 0.273. The van der Waals surface area contributed by atoms with E-state index in [-0.39, 0.29) is 5.41 Å². The smallest absolute Gasteiger partial charge is 0.0254 e. The highest BCUT2D eigenvalue weighted by Crippen LogP contribution is 2.37. The minimum absolute atomic E-state index is 0.238. The van der Waals surface area contributed by atoms with Crippen LogP contribution in [-0.2, 0) is 11.8 Å². The Kier molecular flexibility index (Phi) is 3.70. The Labute approximate surface area is 129 Å². The first-order valence-corrected chi connectivity index (χ1v) is 7.92. The molecule has 1 N–H and O–H groups in total. The zero-order chi connectivity index (χ0) is 14.2. The summed E-state index contributed by atoms with van der Waals surface area (Å²) in [5, 5.41) is 3.45. The van der Waals surface area contributed by atoms with Gasteiger partial charge in [-0.1, -0.05) is 52.3 Å². The standard InChI is InChI=1S/C18H20BrN/c1-13-7-8-15(9-14(13)2)10-18(11-20-12-18)16-5-3-4-6-17(16)19/h3-9,20H,10-12H2,1-2H3. The van der Waals surface area contributed by atoms with Crippen LogP contribution in [-0.4, -0.2) is 13.1 Å². The van der Waals surface area contributed by atoms with Gasteiger partial charge in [0, 0.05) is 23.0 Å². The van der Waals surface area contributed by atoms with Crippen LogP contribution < -0.4 is 5.32 Å². The molecule has 2 aromatic rings. The van der Waals surface area contributed by atoms with E-state index in [9.17, 15) is 0 Å². The molecule has 2 heteroatoms. The number of aryl methyl sites for hydroxylation is 2. The van der Waals surface area contributed by atoms with Crippen molar-refractivity contribution in [3.63, 3.8) is 0 Å². The first kappa shape index (κ1) is 13.8. The summed E-state index contributed by atoms with van der Waals surface area (Å²) in [5.41, 5.74) is 5.86. The summed E-state index contributed by atoms with van der Waals surface area (Å²) in [4.78, 5) is 0. The van der Waals surface area contributed by atoms with Gasteiger partial charge in [-0.05, 0) is 48.6 Å². The van der Waals surface area contributed by atoms with Crippen LogP contribution >= 0.6 is 15.9 Å². The molecular weight excluding hydrogens is 310 g/mol. The first-order chi connectivity index (χ1) is 9.61. The predicted molar refractivity (Wildman–Crippen MR) is 88.3 cm³/mol. The van der Waals surface area contributed by atoms with Crippen molar-refractivity contribution in [2.24, 2.45) is 0 Å². The second-order valence-corrected chi connectivity index (χ2v) is 6.81. The van der Waals surface area contributed by atoms with Gasteiger partial charge in [-0.2, -0.15) is 0 Å². The van der Waals surface area contributed by atoms with Crippen molar-refractivity contribution >= 4 is 15.9 Å². The second kappa shape index (κ2) is 5.34. The highest BCUT2D eigenvalue weighted by Gasteiger charge is 2.39. The molecule has 0 bridgehead atoms. The van der Waals surface area contributed by atoms with E-state index in [1.54, 1.807) is 0 Å². The predicted octanol–water partition coefficient (Wildman–Crippen LogP) is 4.15. The Hall–Kier alpha value is -1.12. The van der Waals surface area contributed by atoms with Gasteiger partial charge in [0.15, 0.2) is 0 Å². The molecule has 1 fully saturated rings. The molecule has 1 heterocycles. The maximum Gasteiger partial charge on any atom is 0.0254 e. The quantitative estimate of drug-likeness (QED) is 0.891. The average Bonchev–Trinajstić information content (AvgIpc) is 2.39. The van der Waals surface area contributed by atoms with E-state index in [2.05, 4.69) is 77.6 Å². The monoisotopic (exact) mass is 329 g/mol. The van der Waals surface area contributed by atoms with Crippen LogP contribution in [0.2, 0.25) is 0 Å². The summed E-state index contributed by atoms with van der Waals surface area (Å²) in [5.74, 6) is 0. The third-order valence-electron chi connectivity index (χ3n) is 4.49. The maximum absolute atomic E-state index is 3.72. The van der Waals surface area contributed by atoms with Crippen LogP contribution in [0.3, 0.4) is 0 Å². The number of hydrogen-bond acceptors (Lipinski definition) is 1. The summed E-state index contributed by atoms with van der Waals surface area (Å²) >= 11 is 3.72. The molecule has 0 unspecified atom stereocenters. The molecule has 0 atom stereocenters. The van der Waals surface area contributed by atoms with Crippen LogP contribution in [0.15, 0.2) is 46.9 Å². The van der Waals surface area contributed by atoms with Gasteiger partial charge in [0.1, 0.15) is 0 Å². The van der Waals surface area contributed by atoms with Crippen molar-refractivity contribution in [3.05, 3.63) is 69.2 Å². The van der Waals surface area contributed by atoms with E-state index in [4.69, 9.17) is 0 Å². The third-order valence-corrected chi connectivity index (χ3v) is 5.18. The molecule has 1 aliphatic rings. The molecule has 0 amide bonds. The summed E-state index contributed by atoms with van der Waals surface area (Å²) in [6.07, 6.45) is 1.10. The SMILES string of the molecule is Cc1ccc(CC2(c3ccccc3Br)CNC2)cc1C. The minimum atomic E-state index is 0.238. The summed E-state index contributed by atoms with van der Waals surface area (Å²) in [6.45, 7) is 6.49. The Bertz CT molecular complexity index is 629. The largest absolute Gasteiger partial charge is 0.315 e. The van der Waals surface area contributed by atoms with Gasteiger partial charge in [0.2, 0.25) is 0 Å². The van der Waals surface area contributed by atoms with Gasteiger partial charge in [-0.25, -0.2) is 0 Å². The highest BCUT2D eigenvalue weighted by molar-refractivity contribution is 9.10. The van der Waals surface area contributed by atoms with Crippen LogP contribution in [0.1, 0.15) is 22.3 Å². The van der Waals surface area contributed by atoms with Crippen LogP contribution in [0.5, 0.6) is 0 Å². The van der Waals surface area contributed by atoms with Gasteiger partial charge >= 0.3 is 0 Å². The number of nitrogens with one attached hydrogen (secondary N) is 1. The number of rotatable bonds is 3. The van der Waals surface area contributed by atoms with Crippen LogP contribution in [0.4, 0.5) is 0 Å². The van der Waals surface area contributed by atoms with E-state index < -0.39 is 0 Å². The van der Waals surface area contributed by atoms with Gasteiger partial charge in [-0.15, -0.1) is 0 Å². The molecule has 0 saturated carbocycles. The lowest BCUT2D eigenvalue weighted by Gasteiger charge is -2.44. The number of halogens is 1. The fourth-order valence-corrected chi connectivity index (χ4v) is 3.74. The van der Waals surface area contributed by atoms with Gasteiger partial charge < -0.3 is 5.32 Å². The molecular formula is C18H20BrN. The molecule has 0 aromatic heterocycles. The van der Waals surface area contributed by atoms with Crippen molar-refractivity contribution in [1.29, 1.82) is 0 Å². The molecule has 104 valence electrons. The lowest BCUT2D eigenvalue weighted by Crippen LogP contribution is -2.58. The molecule has 20 heavy (non-hydrogen) atoms. The molecule has 0 aliphatic carbocycles. The van der Waals surface area contributed by atoms with E-state index in [0.29, 0.717) is 0 Å². The molecule has 1 nitrogen and oxygen atoms in total. The molecule has 0 spiro atoms. The number of benzene rings is 2. The zero-order valence-electron chi connectivity index (χ0n) is 12.0. The topological polar surface area (TPSA) is 12.0 Å². The minimum Gasteiger partial charge on any atom is -0.315 e. The first-order valence-electron chi connectivity index (χ1n) is 7.13.